The van der Waals surface area contributed by atoms with Gasteiger partial charge in [0.05, 0.1) is 6.04 Å². The Morgan fingerprint density at radius 2 is 1.50 bits per heavy atom. The van der Waals surface area contributed by atoms with Crippen LogP contribution in [0.25, 0.3) is 0 Å². The third kappa shape index (κ3) is 10.5. The van der Waals surface area contributed by atoms with E-state index >= 15 is 0 Å². The number of rotatable bonds is 11. The van der Waals surface area contributed by atoms with E-state index in [1.54, 1.807) is 20.8 Å². The first-order valence-corrected chi connectivity index (χ1v) is 11.9. The number of nitrogens with zero attached hydrogens (tertiary/aromatic N) is 2. The summed E-state index contributed by atoms with van der Waals surface area (Å²) in [6.45, 7) is 17.0. The zero-order valence-corrected chi connectivity index (χ0v) is 21.5. The molecule has 2 N–H and O–H groups in total. The summed E-state index contributed by atoms with van der Waals surface area (Å²) in [5.41, 5.74) is -0.692. The summed E-state index contributed by atoms with van der Waals surface area (Å²) in [5, 5.41) is 13.7. The van der Waals surface area contributed by atoms with Crippen LogP contribution in [0.1, 0.15) is 85.8 Å². The van der Waals surface area contributed by atoms with E-state index < -0.39 is 35.5 Å². The Morgan fingerprint density at radius 1 is 0.938 bits per heavy atom. The van der Waals surface area contributed by atoms with Crippen LogP contribution in [0, 0.1) is 11.8 Å². The average molecular weight is 471 g/mol. The van der Waals surface area contributed by atoms with Crippen LogP contribution in [0.2, 0.25) is 0 Å². The number of alkyl carbamates (subject to hydrolysis) is 1. The molecule has 1 aromatic rings. The van der Waals surface area contributed by atoms with Gasteiger partial charge in [-0.05, 0) is 45.4 Å². The fourth-order valence-corrected chi connectivity index (χ4v) is 3.45. The van der Waals surface area contributed by atoms with Crippen LogP contribution in [-0.2, 0) is 9.53 Å². The Balaban J connectivity index is 3.00. The van der Waals surface area contributed by atoms with Crippen LogP contribution in [0.15, 0.2) is 9.64 Å². The fraction of sp³-hybridized carbons (Fsp3) is 0.773. The van der Waals surface area contributed by atoms with Crippen molar-refractivity contribution in [1.29, 1.82) is 0 Å². The fourth-order valence-electron chi connectivity index (χ4n) is 2.84. The summed E-state index contributed by atoms with van der Waals surface area (Å²) in [4.78, 5) is 38.3. The zero-order chi connectivity index (χ0) is 24.6. The molecule has 0 spiro atoms. The second kappa shape index (κ2) is 12.2. The molecular formula is C22H38N4O5S. The van der Waals surface area contributed by atoms with E-state index in [2.05, 4.69) is 20.8 Å². The third-order valence-corrected chi connectivity index (χ3v) is 4.85. The average Bonchev–Trinajstić information content (AvgIpc) is 3.05. The highest BCUT2D eigenvalue weighted by molar-refractivity contribution is 7.99. The van der Waals surface area contributed by atoms with Crippen molar-refractivity contribution in [3.05, 3.63) is 5.89 Å². The van der Waals surface area contributed by atoms with E-state index in [-0.39, 0.29) is 23.0 Å². The molecule has 32 heavy (non-hydrogen) atoms. The largest absolute Gasteiger partial charge is 0.444 e. The molecule has 9 nitrogen and oxygen atoms in total. The molecule has 0 aliphatic carbocycles. The van der Waals surface area contributed by atoms with Crippen molar-refractivity contribution >= 4 is 29.5 Å². The second-order valence-corrected chi connectivity index (χ2v) is 11.5. The number of hydrogen-bond donors (Lipinski definition) is 2. The van der Waals surface area contributed by atoms with Crippen LogP contribution in [0.3, 0.4) is 0 Å². The molecule has 182 valence electrons. The molecule has 0 aliphatic rings. The molecule has 0 unspecified atom stereocenters. The molecular weight excluding hydrogens is 432 g/mol. The van der Waals surface area contributed by atoms with E-state index in [0.717, 1.165) is 0 Å². The van der Waals surface area contributed by atoms with Gasteiger partial charge in [0.25, 0.3) is 11.1 Å². The maximum Gasteiger partial charge on any atom is 0.408 e. The van der Waals surface area contributed by atoms with Gasteiger partial charge in [0.15, 0.2) is 0 Å². The van der Waals surface area contributed by atoms with Gasteiger partial charge in [-0.25, -0.2) is 4.79 Å². The first-order chi connectivity index (χ1) is 14.7. The molecule has 1 heterocycles. The molecule has 0 fully saturated rings. The van der Waals surface area contributed by atoms with Gasteiger partial charge in [-0.2, -0.15) is 0 Å². The van der Waals surface area contributed by atoms with E-state index in [1.807, 2.05) is 41.5 Å². The standard InChI is InChI=1S/C22H38N4O5S/c1-12(2)10-15(17(27)19-25-26-21(30-19)32-14(5)6)23-18(28)16(11-13(3)4)24-20(29)31-22(7,8)9/h12-16H,10-11H2,1-9H3,(H,23,28)(H,24,29)/t15-,16-/m0/s1. The Hall–Kier alpha value is -2.10. The molecule has 10 heteroatoms. The Morgan fingerprint density at radius 3 is 2.00 bits per heavy atom. The van der Waals surface area contributed by atoms with Gasteiger partial charge in [0.1, 0.15) is 11.6 Å². The van der Waals surface area contributed by atoms with Gasteiger partial charge in [0, 0.05) is 5.25 Å². The Bertz CT molecular complexity index is 771. The summed E-state index contributed by atoms with van der Waals surface area (Å²) >= 11 is 1.36. The third-order valence-electron chi connectivity index (χ3n) is 4.01. The Kier molecular flexibility index (Phi) is 10.7. The van der Waals surface area contributed by atoms with E-state index in [4.69, 9.17) is 9.15 Å². The summed E-state index contributed by atoms with van der Waals surface area (Å²) < 4.78 is 10.8. The Labute approximate surface area is 195 Å². The SMILES string of the molecule is CC(C)C[C@H](NC(=O)OC(C)(C)C)C(=O)N[C@@H](CC(C)C)C(=O)c1nnc(SC(C)C)o1. The smallest absolute Gasteiger partial charge is 0.408 e. The number of aromatic nitrogens is 2. The lowest BCUT2D eigenvalue weighted by molar-refractivity contribution is -0.124. The summed E-state index contributed by atoms with van der Waals surface area (Å²) in [5.74, 6) is -0.791. The van der Waals surface area contributed by atoms with Crippen LogP contribution in [0.4, 0.5) is 4.79 Å². The number of nitrogens with one attached hydrogen (secondary N) is 2. The molecule has 0 saturated carbocycles. The molecule has 1 rings (SSSR count). The summed E-state index contributed by atoms with van der Waals surface area (Å²) in [7, 11) is 0. The number of ketones is 1. The van der Waals surface area contributed by atoms with Crippen molar-refractivity contribution in [3.8, 4) is 0 Å². The highest BCUT2D eigenvalue weighted by Gasteiger charge is 2.32. The van der Waals surface area contributed by atoms with Crippen LogP contribution < -0.4 is 10.6 Å². The van der Waals surface area contributed by atoms with Gasteiger partial charge in [-0.3, -0.25) is 9.59 Å². The first-order valence-electron chi connectivity index (χ1n) is 11.0. The molecule has 1 aromatic heterocycles. The predicted molar refractivity (Wildman–Crippen MR) is 124 cm³/mol. The molecule has 0 saturated heterocycles. The molecule has 0 bridgehead atoms. The number of amides is 2. The molecule has 0 radical (unpaired) electrons. The van der Waals surface area contributed by atoms with E-state index in [1.165, 1.54) is 11.8 Å². The van der Waals surface area contributed by atoms with Crippen LogP contribution >= 0.6 is 11.8 Å². The van der Waals surface area contributed by atoms with E-state index in [9.17, 15) is 14.4 Å². The number of ether oxygens (including phenoxy) is 1. The molecule has 0 aliphatic heterocycles. The number of carbonyl (C=O) groups is 3. The van der Waals surface area contributed by atoms with Crippen molar-refractivity contribution < 1.29 is 23.5 Å². The normalized spacial score (nSPS) is 13.9. The topological polar surface area (TPSA) is 123 Å². The predicted octanol–water partition coefficient (Wildman–Crippen LogP) is 4.22. The number of thioether (sulfide) groups is 1. The lowest BCUT2D eigenvalue weighted by Gasteiger charge is -2.26. The van der Waals surface area contributed by atoms with Crippen molar-refractivity contribution in [1.82, 2.24) is 20.8 Å². The highest BCUT2D eigenvalue weighted by atomic mass is 32.2. The van der Waals surface area contributed by atoms with Gasteiger partial charge in [-0.15, -0.1) is 10.2 Å². The number of carbonyl (C=O) groups excluding carboxylic acids is 3. The maximum absolute atomic E-state index is 13.1. The minimum absolute atomic E-state index is 0.124. The number of Topliss-reactive ketones (excluding diaryl/α,β-unsaturated/α-hetero) is 1. The first kappa shape index (κ1) is 27.9. The minimum Gasteiger partial charge on any atom is -0.444 e. The quantitative estimate of drug-likeness (QED) is 0.364. The minimum atomic E-state index is -0.852. The summed E-state index contributed by atoms with van der Waals surface area (Å²) in [6, 6.07) is -1.70. The van der Waals surface area contributed by atoms with Crippen molar-refractivity contribution in [2.75, 3.05) is 0 Å². The van der Waals surface area contributed by atoms with Gasteiger partial charge in [0.2, 0.25) is 11.7 Å². The van der Waals surface area contributed by atoms with Crippen LogP contribution in [-0.4, -0.2) is 50.9 Å². The lowest BCUT2D eigenvalue weighted by atomic mass is 9.98. The lowest BCUT2D eigenvalue weighted by Crippen LogP contribution is -2.53. The zero-order valence-electron chi connectivity index (χ0n) is 20.6. The molecule has 2 amide bonds. The molecule has 0 aromatic carbocycles. The van der Waals surface area contributed by atoms with Crippen LogP contribution in [0.5, 0.6) is 0 Å². The van der Waals surface area contributed by atoms with Crippen molar-refractivity contribution in [3.63, 3.8) is 0 Å². The number of hydrogen-bond acceptors (Lipinski definition) is 8. The van der Waals surface area contributed by atoms with Crippen molar-refractivity contribution in [2.24, 2.45) is 11.8 Å². The van der Waals surface area contributed by atoms with Gasteiger partial charge < -0.3 is 19.8 Å². The highest BCUT2D eigenvalue weighted by Crippen LogP contribution is 2.22. The molecule has 2 atom stereocenters. The summed E-state index contributed by atoms with van der Waals surface area (Å²) in [6.07, 6.45) is 0.0985. The van der Waals surface area contributed by atoms with Gasteiger partial charge >= 0.3 is 6.09 Å². The maximum atomic E-state index is 13.1. The van der Waals surface area contributed by atoms with Gasteiger partial charge in [-0.1, -0.05) is 53.3 Å². The van der Waals surface area contributed by atoms with E-state index in [0.29, 0.717) is 18.1 Å². The van der Waals surface area contributed by atoms with Crippen molar-refractivity contribution in [2.45, 2.75) is 103 Å². The second-order valence-electron chi connectivity index (χ2n) is 9.92. The monoisotopic (exact) mass is 470 g/mol.